The Kier molecular flexibility index (Phi) is 8.79. The highest BCUT2D eigenvalue weighted by Crippen LogP contribution is 2.38. The Morgan fingerprint density at radius 2 is 1.85 bits per heavy atom. The monoisotopic (exact) mass is 597 g/mol. The molecule has 0 bridgehead atoms. The van der Waals surface area contributed by atoms with E-state index in [0.29, 0.717) is 22.7 Å². The van der Waals surface area contributed by atoms with Crippen LogP contribution in [0.5, 0.6) is 0 Å². The Bertz CT molecular complexity index is 1540. The predicted molar refractivity (Wildman–Crippen MR) is 161 cm³/mol. The fourth-order valence-corrected chi connectivity index (χ4v) is 9.05. The van der Waals surface area contributed by atoms with E-state index in [-0.39, 0.29) is 22.8 Å². The van der Waals surface area contributed by atoms with Crippen LogP contribution in [0.3, 0.4) is 0 Å². The molecule has 1 N–H and O–H groups in total. The van der Waals surface area contributed by atoms with Crippen LogP contribution in [0.2, 0.25) is 0 Å². The number of hydrogen-bond acceptors (Lipinski definition) is 7. The number of nitrogens with zero attached hydrogens (tertiary/aromatic N) is 4. The molecular formula is C30H39N5O4S2. The third-order valence-corrected chi connectivity index (χ3v) is 11.2. The Morgan fingerprint density at radius 1 is 1.10 bits per heavy atom. The zero-order valence-electron chi connectivity index (χ0n) is 24.3. The van der Waals surface area contributed by atoms with Gasteiger partial charge in [0.05, 0.1) is 16.2 Å². The van der Waals surface area contributed by atoms with Crippen LogP contribution in [0.1, 0.15) is 88.5 Å². The summed E-state index contributed by atoms with van der Waals surface area (Å²) in [7, 11) is -3.64. The largest absolute Gasteiger partial charge is 0.313 e. The van der Waals surface area contributed by atoms with Crippen LogP contribution in [0.15, 0.2) is 35.2 Å². The Labute approximate surface area is 246 Å². The van der Waals surface area contributed by atoms with Crippen molar-refractivity contribution in [3.63, 3.8) is 0 Å². The van der Waals surface area contributed by atoms with E-state index in [4.69, 9.17) is 0 Å². The first-order chi connectivity index (χ1) is 19.6. The first-order valence-corrected chi connectivity index (χ1v) is 16.8. The molecule has 220 valence electrons. The molecule has 3 aromatic rings. The molecule has 2 aliphatic rings. The smallest absolute Gasteiger partial charge is 0.281 e. The summed E-state index contributed by atoms with van der Waals surface area (Å²) >= 11 is 1.44. The summed E-state index contributed by atoms with van der Waals surface area (Å²) in [5, 5.41) is 7.90. The molecule has 2 aromatic heterocycles. The number of thiophene rings is 1. The third-order valence-electron chi connectivity index (χ3n) is 8.09. The Morgan fingerprint density at radius 3 is 2.51 bits per heavy atom. The molecule has 1 amide bonds. The first-order valence-electron chi connectivity index (χ1n) is 14.5. The lowest BCUT2D eigenvalue weighted by molar-refractivity contribution is 0.0942. The van der Waals surface area contributed by atoms with Crippen LogP contribution >= 0.6 is 11.3 Å². The number of hydrogen-bond donors (Lipinski definition) is 1. The molecule has 1 saturated heterocycles. The molecule has 1 atom stereocenters. The van der Waals surface area contributed by atoms with Crippen molar-refractivity contribution in [3.8, 4) is 0 Å². The molecule has 41 heavy (non-hydrogen) atoms. The topological polar surface area (TPSA) is 105 Å². The number of amides is 1. The van der Waals surface area contributed by atoms with Gasteiger partial charge in [-0.2, -0.15) is 9.40 Å². The van der Waals surface area contributed by atoms with Gasteiger partial charge in [0.1, 0.15) is 5.00 Å². The van der Waals surface area contributed by atoms with E-state index in [9.17, 15) is 18.0 Å². The maximum atomic E-state index is 13.8. The lowest BCUT2D eigenvalue weighted by Gasteiger charge is -2.34. The highest BCUT2D eigenvalue weighted by Gasteiger charge is 2.33. The molecule has 1 fully saturated rings. The Hall–Kier alpha value is -2.86. The Balaban J connectivity index is 1.42. The highest BCUT2D eigenvalue weighted by atomic mass is 32.2. The normalized spacial score (nSPS) is 18.3. The summed E-state index contributed by atoms with van der Waals surface area (Å²) in [6.07, 6.45) is 5.32. The zero-order chi connectivity index (χ0) is 29.3. The first kappa shape index (κ1) is 29.6. The minimum Gasteiger partial charge on any atom is -0.313 e. The van der Waals surface area contributed by atoms with E-state index in [1.54, 1.807) is 16.4 Å². The molecule has 4 heterocycles. The fraction of sp³-hybridized carbons (Fsp3) is 0.500. The molecule has 2 aliphatic heterocycles. The molecule has 0 radical (unpaired) electrons. The predicted octanol–water partition coefficient (Wildman–Crippen LogP) is 5.22. The maximum absolute atomic E-state index is 13.8. The number of piperidine rings is 1. The van der Waals surface area contributed by atoms with E-state index >= 15 is 0 Å². The zero-order valence-corrected chi connectivity index (χ0v) is 25.9. The van der Waals surface area contributed by atoms with Gasteiger partial charge in [0.25, 0.3) is 11.8 Å². The molecule has 0 saturated carbocycles. The number of benzene rings is 1. The lowest BCUT2D eigenvalue weighted by Crippen LogP contribution is -2.43. The van der Waals surface area contributed by atoms with Gasteiger partial charge >= 0.3 is 0 Å². The molecular weight excluding hydrogens is 558 g/mol. The minimum atomic E-state index is -3.64. The summed E-state index contributed by atoms with van der Waals surface area (Å²) < 4.78 is 29.8. The molecule has 9 nitrogen and oxygen atoms in total. The van der Waals surface area contributed by atoms with E-state index in [1.165, 1.54) is 28.2 Å². The lowest BCUT2D eigenvalue weighted by atomic mass is 10.0. The number of fused-ring (bicyclic) bond motifs is 1. The average molecular weight is 598 g/mol. The second-order valence-corrected chi connectivity index (χ2v) is 14.0. The molecule has 0 spiro atoms. The average Bonchev–Trinajstić information content (AvgIpc) is 3.50. The number of anilines is 1. The van der Waals surface area contributed by atoms with Crippen molar-refractivity contribution in [1.29, 1.82) is 0 Å². The summed E-state index contributed by atoms with van der Waals surface area (Å²) in [6, 6.07) is 7.98. The van der Waals surface area contributed by atoms with Crippen LogP contribution in [-0.2, 0) is 23.0 Å². The highest BCUT2D eigenvalue weighted by molar-refractivity contribution is 7.89. The summed E-state index contributed by atoms with van der Waals surface area (Å²) in [5.41, 5.74) is 3.30. The van der Waals surface area contributed by atoms with Gasteiger partial charge in [-0.15, -0.1) is 11.3 Å². The van der Waals surface area contributed by atoms with Gasteiger partial charge in [-0.3, -0.25) is 14.5 Å². The molecule has 0 aliphatic carbocycles. The van der Waals surface area contributed by atoms with Gasteiger partial charge in [-0.1, -0.05) is 20.3 Å². The summed E-state index contributed by atoms with van der Waals surface area (Å²) in [5.74, 6) is -0.634. The fourth-order valence-electron chi connectivity index (χ4n) is 6.01. The van der Waals surface area contributed by atoms with Crippen LogP contribution in [0.4, 0.5) is 5.00 Å². The number of carbonyl (C=O) groups excluding carboxylic acids is 2. The second-order valence-electron chi connectivity index (χ2n) is 11.0. The summed E-state index contributed by atoms with van der Waals surface area (Å²) in [4.78, 5) is 30.9. The van der Waals surface area contributed by atoms with Crippen molar-refractivity contribution in [1.82, 2.24) is 19.0 Å². The van der Waals surface area contributed by atoms with E-state index < -0.39 is 10.0 Å². The number of rotatable bonds is 8. The van der Waals surface area contributed by atoms with E-state index in [1.807, 2.05) is 26.8 Å². The number of aromatic nitrogens is 2. The van der Waals surface area contributed by atoms with Crippen molar-refractivity contribution in [2.45, 2.75) is 83.7 Å². The number of nitrogens with one attached hydrogen (secondary N) is 1. The maximum Gasteiger partial charge on any atom is 0.281 e. The number of sulfonamides is 1. The van der Waals surface area contributed by atoms with Crippen LogP contribution in [-0.4, -0.2) is 64.9 Å². The number of aryl methyl sites for hydroxylation is 2. The SMILES string of the molecule is CCCN1CCc2c(sc(NC(=O)c3ccc(S(=O)(=O)N4CCCCC4CC)cc3)c2C(=O)n2nc(C)cc2C)C1. The van der Waals surface area contributed by atoms with Crippen molar-refractivity contribution in [2.75, 3.05) is 25.0 Å². The van der Waals surface area contributed by atoms with E-state index in [0.717, 1.165) is 80.0 Å². The molecule has 5 rings (SSSR count). The summed E-state index contributed by atoms with van der Waals surface area (Å²) in [6.45, 7) is 11.0. The van der Waals surface area contributed by atoms with Crippen LogP contribution in [0, 0.1) is 13.8 Å². The van der Waals surface area contributed by atoms with Crippen molar-refractivity contribution >= 4 is 38.2 Å². The quantitative estimate of drug-likeness (QED) is 0.382. The van der Waals surface area contributed by atoms with Gasteiger partial charge in [0, 0.05) is 41.8 Å². The van der Waals surface area contributed by atoms with Gasteiger partial charge in [-0.05, 0) is 88.4 Å². The van der Waals surface area contributed by atoms with Crippen molar-refractivity contribution in [3.05, 3.63) is 63.3 Å². The minimum absolute atomic E-state index is 0.00741. The molecule has 11 heteroatoms. The molecule has 1 unspecified atom stereocenters. The van der Waals surface area contributed by atoms with Crippen LogP contribution < -0.4 is 5.32 Å². The van der Waals surface area contributed by atoms with Gasteiger partial charge in [0.2, 0.25) is 10.0 Å². The standard InChI is InChI=1S/C30H39N5O4S2/c1-5-15-33-17-14-25-26(19-33)40-29(27(25)30(37)35-21(4)18-20(3)32-35)31-28(36)22-10-12-24(13-11-22)41(38,39)34-16-8-7-9-23(34)6-2/h10-13,18,23H,5-9,14-17,19H2,1-4H3,(H,31,36). The van der Waals surface area contributed by atoms with Crippen LogP contribution in [0.25, 0.3) is 0 Å². The van der Waals surface area contributed by atoms with Crippen molar-refractivity contribution in [2.24, 2.45) is 0 Å². The van der Waals surface area contributed by atoms with Gasteiger partial charge < -0.3 is 5.32 Å². The third kappa shape index (κ3) is 5.90. The van der Waals surface area contributed by atoms with Gasteiger partial charge in [-0.25, -0.2) is 13.1 Å². The number of carbonyl (C=O) groups is 2. The second kappa shape index (κ2) is 12.2. The molecule has 1 aromatic carbocycles. The van der Waals surface area contributed by atoms with E-state index in [2.05, 4.69) is 22.2 Å². The van der Waals surface area contributed by atoms with Gasteiger partial charge in [0.15, 0.2) is 0 Å². The van der Waals surface area contributed by atoms with Crippen molar-refractivity contribution < 1.29 is 18.0 Å².